The molecule has 5 rings (SSSR count). The van der Waals surface area contributed by atoms with Crippen molar-refractivity contribution in [1.82, 2.24) is 19.9 Å². The van der Waals surface area contributed by atoms with Gasteiger partial charge < -0.3 is 19.9 Å². The van der Waals surface area contributed by atoms with Crippen LogP contribution in [0.2, 0.25) is 0 Å². The van der Waals surface area contributed by atoms with Gasteiger partial charge in [-0.2, -0.15) is 0 Å². The topological polar surface area (TPSA) is 81.1 Å². The van der Waals surface area contributed by atoms with Gasteiger partial charge in [0.2, 0.25) is 5.95 Å². The second kappa shape index (κ2) is 9.30. The molecule has 0 bridgehead atoms. The average Bonchev–Trinajstić information content (AvgIpc) is 3.20. The number of aromatic nitrogens is 3. The zero-order valence-electron chi connectivity index (χ0n) is 21.3. The maximum atomic E-state index is 12.6. The number of carbonyl (C=O) groups is 1. The number of fused-ring (bicyclic) bond motifs is 1. The van der Waals surface area contributed by atoms with Crippen molar-refractivity contribution in [1.29, 1.82) is 0 Å². The number of alkyl carbamates (subject to hydrolysis) is 1. The zero-order valence-corrected chi connectivity index (χ0v) is 21.3. The van der Waals surface area contributed by atoms with Gasteiger partial charge in [-0.15, -0.1) is 0 Å². The number of nitrogens with zero attached hydrogens (tertiary/aromatic N) is 3. The first-order valence-electron chi connectivity index (χ1n) is 12.6. The largest absolute Gasteiger partial charge is 0.444 e. The molecule has 1 saturated carbocycles. The molecular formula is C29H33N5O2. The third kappa shape index (κ3) is 4.65. The minimum atomic E-state index is -0.531. The number of rotatable bonds is 6. The van der Waals surface area contributed by atoms with Crippen LogP contribution in [0, 0.1) is 0 Å². The molecule has 1 aliphatic rings. The number of carbonyl (C=O) groups excluding carboxylic acids is 1. The fourth-order valence-corrected chi connectivity index (χ4v) is 4.78. The summed E-state index contributed by atoms with van der Waals surface area (Å²) in [5.74, 6) is 0.622. The first kappa shape index (κ1) is 23.9. The predicted molar refractivity (Wildman–Crippen MR) is 143 cm³/mol. The van der Waals surface area contributed by atoms with Gasteiger partial charge in [0.25, 0.3) is 0 Å². The van der Waals surface area contributed by atoms with E-state index < -0.39 is 5.60 Å². The molecule has 0 aliphatic heterocycles. The Bertz CT molecular complexity index is 1370. The molecule has 186 valence electrons. The molecule has 2 heterocycles. The molecule has 0 spiro atoms. The summed E-state index contributed by atoms with van der Waals surface area (Å²) in [6.45, 7) is 8.43. The van der Waals surface area contributed by atoms with Crippen molar-refractivity contribution in [3.05, 3.63) is 72.4 Å². The van der Waals surface area contributed by atoms with E-state index in [1.54, 1.807) is 0 Å². The Kier molecular flexibility index (Phi) is 6.16. The molecule has 0 radical (unpaired) electrons. The van der Waals surface area contributed by atoms with Crippen LogP contribution in [0.1, 0.15) is 52.5 Å². The fraction of sp³-hybridized carbons (Fsp3) is 0.345. The van der Waals surface area contributed by atoms with Crippen LogP contribution in [0.15, 0.2) is 66.9 Å². The maximum absolute atomic E-state index is 12.6. The molecule has 7 heteroatoms. The standard InChI is InChI=1S/C29H33N5O2/c1-5-30-26-31-19-25-23(32-26)18-24(20-10-7-6-8-11-20)34(25)22-14-12-21(13-15-22)29(16-9-17-29)33-27(35)36-28(2,3)4/h6-8,10-15,18-19H,5,9,16-17H2,1-4H3,(H,33,35)(H,30,31,32). The van der Waals surface area contributed by atoms with Gasteiger partial charge in [-0.25, -0.2) is 14.8 Å². The number of amides is 1. The van der Waals surface area contributed by atoms with Gasteiger partial charge in [0, 0.05) is 12.2 Å². The predicted octanol–water partition coefficient (Wildman–Crippen LogP) is 6.42. The zero-order chi connectivity index (χ0) is 25.3. The highest BCUT2D eigenvalue weighted by molar-refractivity contribution is 5.86. The lowest BCUT2D eigenvalue weighted by molar-refractivity contribution is 0.0377. The Labute approximate surface area is 211 Å². The van der Waals surface area contributed by atoms with Gasteiger partial charge in [0.15, 0.2) is 0 Å². The van der Waals surface area contributed by atoms with E-state index in [2.05, 4.69) is 62.6 Å². The third-order valence-corrected chi connectivity index (χ3v) is 6.58. The average molecular weight is 484 g/mol. The molecule has 0 atom stereocenters. The highest BCUT2D eigenvalue weighted by atomic mass is 16.6. The minimum absolute atomic E-state index is 0.373. The number of ether oxygens (including phenoxy) is 1. The molecule has 2 N–H and O–H groups in total. The van der Waals surface area contributed by atoms with E-state index in [1.807, 2.05) is 52.1 Å². The van der Waals surface area contributed by atoms with Crippen molar-refractivity contribution in [2.45, 2.75) is 58.1 Å². The molecule has 2 aromatic carbocycles. The smallest absolute Gasteiger partial charge is 0.408 e. The summed E-state index contributed by atoms with van der Waals surface area (Å²) in [5.41, 5.74) is 5.16. The van der Waals surface area contributed by atoms with Crippen molar-refractivity contribution < 1.29 is 9.53 Å². The summed E-state index contributed by atoms with van der Waals surface area (Å²) in [7, 11) is 0. The molecule has 4 aromatic rings. The van der Waals surface area contributed by atoms with Gasteiger partial charge in [-0.1, -0.05) is 42.5 Å². The lowest BCUT2D eigenvalue weighted by Crippen LogP contribution is -2.52. The quantitative estimate of drug-likeness (QED) is 0.331. The molecule has 1 fully saturated rings. The van der Waals surface area contributed by atoms with Crippen LogP contribution in [-0.2, 0) is 10.3 Å². The van der Waals surface area contributed by atoms with E-state index in [1.165, 1.54) is 0 Å². The summed E-state index contributed by atoms with van der Waals surface area (Å²) in [6.07, 6.45) is 4.37. The van der Waals surface area contributed by atoms with Gasteiger partial charge in [0.1, 0.15) is 5.60 Å². The molecule has 1 amide bonds. The highest BCUT2D eigenvalue weighted by Crippen LogP contribution is 2.42. The molecule has 36 heavy (non-hydrogen) atoms. The van der Waals surface area contributed by atoms with Crippen molar-refractivity contribution in [3.63, 3.8) is 0 Å². The number of hydrogen-bond donors (Lipinski definition) is 2. The van der Waals surface area contributed by atoms with E-state index in [0.29, 0.717) is 5.95 Å². The van der Waals surface area contributed by atoms with Crippen LogP contribution in [0.4, 0.5) is 10.7 Å². The summed E-state index contributed by atoms with van der Waals surface area (Å²) in [4.78, 5) is 21.8. The van der Waals surface area contributed by atoms with Gasteiger partial charge in [-0.3, -0.25) is 0 Å². The summed E-state index contributed by atoms with van der Waals surface area (Å²) < 4.78 is 7.73. The second-order valence-electron chi connectivity index (χ2n) is 10.3. The minimum Gasteiger partial charge on any atom is -0.444 e. The molecule has 1 aliphatic carbocycles. The monoisotopic (exact) mass is 483 g/mol. The highest BCUT2D eigenvalue weighted by Gasteiger charge is 2.41. The van der Waals surface area contributed by atoms with Crippen molar-refractivity contribution in [2.75, 3.05) is 11.9 Å². The van der Waals surface area contributed by atoms with E-state index in [-0.39, 0.29) is 11.6 Å². The second-order valence-corrected chi connectivity index (χ2v) is 10.3. The Morgan fingerprint density at radius 3 is 2.42 bits per heavy atom. The van der Waals surface area contributed by atoms with Gasteiger partial charge in [-0.05, 0) is 76.3 Å². The van der Waals surface area contributed by atoms with E-state index in [9.17, 15) is 4.79 Å². The molecule has 0 saturated heterocycles. The third-order valence-electron chi connectivity index (χ3n) is 6.58. The first-order chi connectivity index (χ1) is 17.3. The summed E-state index contributed by atoms with van der Waals surface area (Å²) in [5, 5.41) is 6.35. The van der Waals surface area contributed by atoms with Gasteiger partial charge >= 0.3 is 6.09 Å². The van der Waals surface area contributed by atoms with E-state index in [4.69, 9.17) is 9.72 Å². The van der Waals surface area contributed by atoms with E-state index in [0.717, 1.165) is 59.3 Å². The number of nitrogens with one attached hydrogen (secondary N) is 2. The maximum Gasteiger partial charge on any atom is 0.408 e. The lowest BCUT2D eigenvalue weighted by Gasteiger charge is -2.43. The Balaban J connectivity index is 1.53. The molecule has 2 aromatic heterocycles. The van der Waals surface area contributed by atoms with Crippen molar-refractivity contribution in [3.8, 4) is 16.9 Å². The van der Waals surface area contributed by atoms with Crippen LogP contribution in [0.5, 0.6) is 0 Å². The summed E-state index contributed by atoms with van der Waals surface area (Å²) >= 11 is 0. The Hall–Kier alpha value is -3.87. The normalized spacial score (nSPS) is 14.8. The number of anilines is 1. The number of hydrogen-bond acceptors (Lipinski definition) is 5. The van der Waals surface area contributed by atoms with Crippen LogP contribution < -0.4 is 10.6 Å². The fourth-order valence-electron chi connectivity index (χ4n) is 4.78. The van der Waals surface area contributed by atoms with Crippen molar-refractivity contribution in [2.24, 2.45) is 0 Å². The first-order valence-corrected chi connectivity index (χ1v) is 12.6. The molecule has 0 unspecified atom stereocenters. The Morgan fingerprint density at radius 2 is 1.81 bits per heavy atom. The van der Waals surface area contributed by atoms with Crippen LogP contribution in [-0.4, -0.2) is 32.8 Å². The molecule has 7 nitrogen and oxygen atoms in total. The van der Waals surface area contributed by atoms with Crippen molar-refractivity contribution >= 4 is 23.1 Å². The molecular weight excluding hydrogens is 450 g/mol. The van der Waals surface area contributed by atoms with Crippen LogP contribution >= 0.6 is 0 Å². The number of benzene rings is 2. The summed E-state index contributed by atoms with van der Waals surface area (Å²) in [6, 6.07) is 20.9. The van der Waals surface area contributed by atoms with Crippen LogP contribution in [0.25, 0.3) is 28.0 Å². The Morgan fingerprint density at radius 1 is 1.08 bits per heavy atom. The van der Waals surface area contributed by atoms with E-state index >= 15 is 0 Å². The lowest BCUT2D eigenvalue weighted by atomic mass is 9.72. The van der Waals surface area contributed by atoms with Crippen LogP contribution in [0.3, 0.4) is 0 Å². The van der Waals surface area contributed by atoms with Gasteiger partial charge in [0.05, 0.1) is 28.5 Å². The SMILES string of the molecule is CCNc1ncc2c(cc(-c3ccccc3)n2-c2ccc(C3(NC(=O)OC(C)(C)C)CCC3)cc2)n1.